The lowest BCUT2D eigenvalue weighted by molar-refractivity contribution is -0.384. The Bertz CT molecular complexity index is 1130. The number of rotatable bonds is 5. The molecule has 0 saturated heterocycles. The highest BCUT2D eigenvalue weighted by Crippen LogP contribution is 2.36. The van der Waals surface area contributed by atoms with Crippen LogP contribution in [0.3, 0.4) is 0 Å². The van der Waals surface area contributed by atoms with Gasteiger partial charge < -0.3 is 15.2 Å². The van der Waals surface area contributed by atoms with Crippen LogP contribution < -0.4 is 10.2 Å². The first kappa shape index (κ1) is 21.8. The standard InChI is InChI=1S/C20H16ClN3O7/c1-10-16(19(27)31-2)17(12-5-8-14(21)15(9-12)24(29)30)22-20(28)23(10)13-6-3-11(4-7-13)18(25)26/h3-9,17H,1-2H3,(H,22,28)(H,25,26). The van der Waals surface area contributed by atoms with Gasteiger partial charge >= 0.3 is 18.0 Å². The fourth-order valence-electron chi connectivity index (χ4n) is 3.28. The third-order valence-electron chi connectivity index (χ3n) is 4.76. The van der Waals surface area contributed by atoms with Crippen LogP contribution in [0.15, 0.2) is 53.7 Å². The fraction of sp³-hybridized carbons (Fsp3) is 0.150. The Hall–Kier alpha value is -3.92. The number of aromatic carboxylic acids is 1. The van der Waals surface area contributed by atoms with Gasteiger partial charge in [0.1, 0.15) is 5.02 Å². The van der Waals surface area contributed by atoms with E-state index in [-0.39, 0.29) is 33.1 Å². The number of carbonyl (C=O) groups excluding carboxylic acids is 2. The number of allylic oxidation sites excluding steroid dienone is 1. The molecule has 1 unspecified atom stereocenters. The summed E-state index contributed by atoms with van der Waals surface area (Å²) in [7, 11) is 1.17. The van der Waals surface area contributed by atoms with E-state index in [1.54, 1.807) is 0 Å². The van der Waals surface area contributed by atoms with Crippen molar-refractivity contribution in [2.45, 2.75) is 13.0 Å². The quantitative estimate of drug-likeness (QED) is 0.406. The molecule has 1 aliphatic rings. The van der Waals surface area contributed by atoms with Gasteiger partial charge in [-0.2, -0.15) is 0 Å². The second kappa shape index (κ2) is 8.44. The van der Waals surface area contributed by atoms with Crippen molar-refractivity contribution in [1.29, 1.82) is 0 Å². The molecule has 0 fully saturated rings. The highest BCUT2D eigenvalue weighted by Gasteiger charge is 2.37. The molecule has 3 rings (SSSR count). The number of halogens is 1. The Morgan fingerprint density at radius 3 is 2.42 bits per heavy atom. The lowest BCUT2D eigenvalue weighted by atomic mass is 9.94. The van der Waals surface area contributed by atoms with Crippen molar-refractivity contribution in [1.82, 2.24) is 5.32 Å². The number of nitro benzene ring substituents is 1. The molecule has 2 N–H and O–H groups in total. The topological polar surface area (TPSA) is 139 Å². The predicted molar refractivity (Wildman–Crippen MR) is 110 cm³/mol. The van der Waals surface area contributed by atoms with Crippen molar-refractivity contribution in [2.75, 3.05) is 12.0 Å². The number of methoxy groups -OCH3 is 1. The Kier molecular flexibility index (Phi) is 5.93. The Morgan fingerprint density at radius 1 is 1.23 bits per heavy atom. The lowest BCUT2D eigenvalue weighted by Crippen LogP contribution is -2.48. The van der Waals surface area contributed by atoms with Crippen molar-refractivity contribution < 1.29 is 29.2 Å². The third kappa shape index (κ3) is 4.05. The summed E-state index contributed by atoms with van der Waals surface area (Å²) in [5.41, 5.74) is 0.527. The van der Waals surface area contributed by atoms with Crippen LogP contribution in [0.5, 0.6) is 0 Å². The van der Waals surface area contributed by atoms with Gasteiger partial charge in [0, 0.05) is 11.8 Å². The van der Waals surface area contributed by atoms with Crippen molar-refractivity contribution in [3.8, 4) is 0 Å². The number of carboxylic acids is 1. The number of ether oxygens (including phenoxy) is 1. The number of nitro groups is 1. The minimum Gasteiger partial charge on any atom is -0.478 e. The normalized spacial score (nSPS) is 16.0. The number of esters is 1. The van der Waals surface area contributed by atoms with E-state index in [2.05, 4.69) is 5.32 Å². The van der Waals surface area contributed by atoms with E-state index in [1.807, 2.05) is 0 Å². The number of urea groups is 1. The number of carbonyl (C=O) groups is 3. The molecule has 0 bridgehead atoms. The molecule has 11 heteroatoms. The lowest BCUT2D eigenvalue weighted by Gasteiger charge is -2.35. The number of nitrogens with zero attached hydrogens (tertiary/aromatic N) is 2. The molecule has 2 aromatic carbocycles. The molecule has 0 radical (unpaired) electrons. The van der Waals surface area contributed by atoms with Gasteiger partial charge in [-0.15, -0.1) is 0 Å². The SMILES string of the molecule is COC(=O)C1=C(C)N(c2ccc(C(=O)O)cc2)C(=O)NC1c1ccc(Cl)c([N+](=O)[O-])c1. The maximum absolute atomic E-state index is 12.9. The van der Waals surface area contributed by atoms with Crippen LogP contribution in [0.1, 0.15) is 28.9 Å². The molecule has 1 atom stereocenters. The molecule has 2 amide bonds. The maximum atomic E-state index is 12.9. The molecule has 2 aromatic rings. The maximum Gasteiger partial charge on any atom is 0.337 e. The van der Waals surface area contributed by atoms with Crippen LogP contribution in [-0.2, 0) is 9.53 Å². The highest BCUT2D eigenvalue weighted by atomic mass is 35.5. The molecule has 0 aromatic heterocycles. The van der Waals surface area contributed by atoms with E-state index in [1.165, 1.54) is 61.4 Å². The summed E-state index contributed by atoms with van der Waals surface area (Å²) in [6.07, 6.45) is 0. The summed E-state index contributed by atoms with van der Waals surface area (Å²) in [6, 6.07) is 7.82. The smallest absolute Gasteiger partial charge is 0.337 e. The highest BCUT2D eigenvalue weighted by molar-refractivity contribution is 6.32. The Labute approximate surface area is 180 Å². The number of anilines is 1. The third-order valence-corrected chi connectivity index (χ3v) is 5.08. The zero-order valence-corrected chi connectivity index (χ0v) is 17.0. The summed E-state index contributed by atoms with van der Waals surface area (Å²) >= 11 is 5.87. The van der Waals surface area contributed by atoms with Crippen molar-refractivity contribution in [3.63, 3.8) is 0 Å². The zero-order chi connectivity index (χ0) is 22.9. The molecule has 160 valence electrons. The number of hydrogen-bond donors (Lipinski definition) is 2. The molecule has 1 aliphatic heterocycles. The van der Waals surface area contributed by atoms with Crippen LogP contribution in [-0.4, -0.2) is 35.1 Å². The zero-order valence-electron chi connectivity index (χ0n) is 16.3. The van der Waals surface area contributed by atoms with E-state index in [9.17, 15) is 24.5 Å². The minimum atomic E-state index is -1.12. The largest absolute Gasteiger partial charge is 0.478 e. The molecular weight excluding hydrogens is 430 g/mol. The van der Waals surface area contributed by atoms with E-state index >= 15 is 0 Å². The second-order valence-electron chi connectivity index (χ2n) is 6.53. The summed E-state index contributed by atoms with van der Waals surface area (Å²) in [5.74, 6) is -1.87. The van der Waals surface area contributed by atoms with Gasteiger partial charge in [-0.25, -0.2) is 14.4 Å². The molecule has 0 saturated carbocycles. The van der Waals surface area contributed by atoms with Gasteiger partial charge in [0.05, 0.1) is 34.9 Å². The monoisotopic (exact) mass is 445 g/mol. The molecule has 31 heavy (non-hydrogen) atoms. The first-order chi connectivity index (χ1) is 14.6. The first-order valence-corrected chi connectivity index (χ1v) is 9.20. The van der Waals surface area contributed by atoms with Crippen LogP contribution in [0.2, 0.25) is 5.02 Å². The van der Waals surface area contributed by atoms with Crippen molar-refractivity contribution >= 4 is 40.9 Å². The summed E-state index contributed by atoms with van der Waals surface area (Å²) < 4.78 is 4.87. The van der Waals surface area contributed by atoms with Crippen molar-refractivity contribution in [3.05, 3.63) is 80.0 Å². The van der Waals surface area contributed by atoms with Gasteiger partial charge in [-0.3, -0.25) is 15.0 Å². The molecular formula is C20H16ClN3O7. The first-order valence-electron chi connectivity index (χ1n) is 8.82. The van der Waals surface area contributed by atoms with Crippen molar-refractivity contribution in [2.24, 2.45) is 0 Å². The summed E-state index contributed by atoms with van der Waals surface area (Å²) in [4.78, 5) is 48.3. The van der Waals surface area contributed by atoms with E-state index in [4.69, 9.17) is 21.4 Å². The second-order valence-corrected chi connectivity index (χ2v) is 6.94. The Balaban J connectivity index is 2.13. The average molecular weight is 446 g/mol. The minimum absolute atomic E-state index is 0.0299. The average Bonchev–Trinajstić information content (AvgIpc) is 2.73. The number of carboxylic acid groups (broad SMARTS) is 1. The van der Waals surface area contributed by atoms with Gasteiger partial charge in [0.2, 0.25) is 0 Å². The number of benzene rings is 2. The number of amides is 2. The van der Waals surface area contributed by atoms with Crippen LogP contribution in [0.4, 0.5) is 16.2 Å². The fourth-order valence-corrected chi connectivity index (χ4v) is 3.47. The molecule has 0 aliphatic carbocycles. The summed E-state index contributed by atoms with van der Waals surface area (Å²) in [6.45, 7) is 1.52. The summed E-state index contributed by atoms with van der Waals surface area (Å²) in [5, 5.41) is 22.9. The van der Waals surface area contributed by atoms with Crippen LogP contribution >= 0.6 is 11.6 Å². The van der Waals surface area contributed by atoms with E-state index < -0.39 is 28.9 Å². The van der Waals surface area contributed by atoms with Gasteiger partial charge in [-0.05, 0) is 42.8 Å². The van der Waals surface area contributed by atoms with Gasteiger partial charge in [0.15, 0.2) is 0 Å². The van der Waals surface area contributed by atoms with Gasteiger partial charge in [-0.1, -0.05) is 17.7 Å². The Morgan fingerprint density at radius 2 is 1.87 bits per heavy atom. The molecule has 10 nitrogen and oxygen atoms in total. The molecule has 0 spiro atoms. The van der Waals surface area contributed by atoms with E-state index in [0.717, 1.165) is 0 Å². The van der Waals surface area contributed by atoms with Crippen LogP contribution in [0, 0.1) is 10.1 Å². The van der Waals surface area contributed by atoms with E-state index in [0.29, 0.717) is 5.69 Å². The van der Waals surface area contributed by atoms with Gasteiger partial charge in [0.25, 0.3) is 5.69 Å². The predicted octanol–water partition coefficient (Wildman–Crippen LogP) is 3.66. The van der Waals surface area contributed by atoms with Crippen LogP contribution in [0.25, 0.3) is 0 Å². The number of hydrogen-bond acceptors (Lipinski definition) is 6. The molecule has 1 heterocycles. The number of nitrogens with one attached hydrogen (secondary N) is 1.